The number of halogens is 1. The molecule has 1 amide bonds. The molecule has 0 aliphatic carbocycles. The Bertz CT molecular complexity index is 533. The van der Waals surface area contributed by atoms with Crippen molar-refractivity contribution in [3.63, 3.8) is 0 Å². The van der Waals surface area contributed by atoms with Crippen LogP contribution in [0.3, 0.4) is 0 Å². The van der Waals surface area contributed by atoms with Gasteiger partial charge in [0.05, 0.1) is 0 Å². The summed E-state index contributed by atoms with van der Waals surface area (Å²) in [7, 11) is 0. The second-order valence-electron chi connectivity index (χ2n) is 4.09. The van der Waals surface area contributed by atoms with Gasteiger partial charge in [0, 0.05) is 18.0 Å². The van der Waals surface area contributed by atoms with Gasteiger partial charge in [-0.3, -0.25) is 4.79 Å². The third-order valence-corrected chi connectivity index (χ3v) is 3.99. The summed E-state index contributed by atoms with van der Waals surface area (Å²) in [5.41, 5.74) is 4.07. The fourth-order valence-electron chi connectivity index (χ4n) is 1.59. The summed E-state index contributed by atoms with van der Waals surface area (Å²) in [5, 5.41) is 7.06. The summed E-state index contributed by atoms with van der Waals surface area (Å²) >= 11 is 7.36. The minimum absolute atomic E-state index is 0.0540. The lowest BCUT2D eigenvalue weighted by atomic mass is 10.1. The normalized spacial score (nSPS) is 10.3. The van der Waals surface area contributed by atoms with Crippen molar-refractivity contribution in [3.05, 3.63) is 57.3 Å². The van der Waals surface area contributed by atoms with Gasteiger partial charge in [-0.05, 0) is 46.5 Å². The molecule has 0 spiro atoms. The maximum atomic E-state index is 11.9. The number of benzene rings is 1. The Labute approximate surface area is 116 Å². The molecule has 1 heterocycles. The first-order valence-corrected chi connectivity index (χ1v) is 7.13. The highest BCUT2D eigenvalue weighted by molar-refractivity contribution is 7.08. The van der Waals surface area contributed by atoms with Crippen molar-refractivity contribution >= 4 is 28.8 Å². The highest BCUT2D eigenvalue weighted by Crippen LogP contribution is 2.13. The molecule has 1 aromatic heterocycles. The van der Waals surface area contributed by atoms with E-state index in [0.29, 0.717) is 18.0 Å². The number of alkyl halides is 1. The third-order valence-electron chi connectivity index (χ3n) is 2.77. The lowest BCUT2D eigenvalue weighted by molar-refractivity contribution is 0.0951. The minimum atomic E-state index is -0.0540. The molecule has 94 valence electrons. The Balaban J connectivity index is 1.97. The van der Waals surface area contributed by atoms with Gasteiger partial charge in [0.15, 0.2) is 0 Å². The van der Waals surface area contributed by atoms with Crippen LogP contribution < -0.4 is 5.32 Å². The van der Waals surface area contributed by atoms with Crippen molar-refractivity contribution in [1.82, 2.24) is 5.32 Å². The SMILES string of the molecule is Cc1cscc1CNC(=O)c1ccc(CCl)cc1. The molecule has 2 rings (SSSR count). The summed E-state index contributed by atoms with van der Waals surface area (Å²) in [6.07, 6.45) is 0. The van der Waals surface area contributed by atoms with Crippen LogP contribution in [0.5, 0.6) is 0 Å². The van der Waals surface area contributed by atoms with Crippen LogP contribution in [-0.4, -0.2) is 5.91 Å². The summed E-state index contributed by atoms with van der Waals surface area (Å²) < 4.78 is 0. The lowest BCUT2D eigenvalue weighted by Crippen LogP contribution is -2.22. The van der Waals surface area contributed by atoms with E-state index in [0.717, 1.165) is 5.56 Å². The zero-order chi connectivity index (χ0) is 13.0. The standard InChI is InChI=1S/C14H14ClNOS/c1-10-8-18-9-13(10)7-16-14(17)12-4-2-11(6-15)3-5-12/h2-5,8-9H,6-7H2,1H3,(H,16,17). The van der Waals surface area contributed by atoms with E-state index in [1.807, 2.05) is 19.1 Å². The maximum absolute atomic E-state index is 11.9. The van der Waals surface area contributed by atoms with Crippen LogP contribution in [0.25, 0.3) is 0 Å². The van der Waals surface area contributed by atoms with Crippen LogP contribution in [0.2, 0.25) is 0 Å². The number of carbonyl (C=O) groups is 1. The van der Waals surface area contributed by atoms with Crippen molar-refractivity contribution in [2.75, 3.05) is 0 Å². The fourth-order valence-corrected chi connectivity index (χ4v) is 2.63. The molecular weight excluding hydrogens is 266 g/mol. The first kappa shape index (κ1) is 13.1. The second-order valence-corrected chi connectivity index (χ2v) is 5.10. The molecule has 1 N–H and O–H groups in total. The van der Waals surface area contributed by atoms with Gasteiger partial charge < -0.3 is 5.32 Å². The van der Waals surface area contributed by atoms with Gasteiger partial charge in [-0.25, -0.2) is 0 Å². The van der Waals surface area contributed by atoms with E-state index in [4.69, 9.17) is 11.6 Å². The number of nitrogens with one attached hydrogen (secondary N) is 1. The zero-order valence-electron chi connectivity index (χ0n) is 10.1. The molecular formula is C14H14ClNOS. The van der Waals surface area contributed by atoms with E-state index in [-0.39, 0.29) is 5.91 Å². The molecule has 0 saturated heterocycles. The number of hydrogen-bond donors (Lipinski definition) is 1. The van der Waals surface area contributed by atoms with Crippen LogP contribution in [0.1, 0.15) is 27.0 Å². The van der Waals surface area contributed by atoms with Gasteiger partial charge in [-0.1, -0.05) is 12.1 Å². The predicted molar refractivity (Wildman–Crippen MR) is 76.2 cm³/mol. The molecule has 0 fully saturated rings. The van der Waals surface area contributed by atoms with Crippen LogP contribution in [0, 0.1) is 6.92 Å². The van der Waals surface area contributed by atoms with Gasteiger partial charge in [0.25, 0.3) is 5.91 Å². The predicted octanol–water partition coefficient (Wildman–Crippen LogP) is 3.73. The molecule has 0 atom stereocenters. The third kappa shape index (κ3) is 3.12. The molecule has 2 aromatic rings. The van der Waals surface area contributed by atoms with Gasteiger partial charge in [-0.15, -0.1) is 11.6 Å². The molecule has 1 aromatic carbocycles. The zero-order valence-corrected chi connectivity index (χ0v) is 11.6. The Morgan fingerprint density at radius 3 is 2.56 bits per heavy atom. The van der Waals surface area contributed by atoms with Crippen molar-refractivity contribution in [2.45, 2.75) is 19.3 Å². The van der Waals surface area contributed by atoms with Crippen molar-refractivity contribution < 1.29 is 4.79 Å². The Morgan fingerprint density at radius 2 is 2.00 bits per heavy atom. The Hall–Kier alpha value is -1.32. The quantitative estimate of drug-likeness (QED) is 0.849. The van der Waals surface area contributed by atoms with E-state index in [9.17, 15) is 4.79 Å². The summed E-state index contributed by atoms with van der Waals surface area (Å²) in [5.74, 6) is 0.414. The fraction of sp³-hybridized carbons (Fsp3) is 0.214. The number of aryl methyl sites for hydroxylation is 1. The van der Waals surface area contributed by atoms with Gasteiger partial charge in [0.2, 0.25) is 0 Å². The molecule has 0 saturated carbocycles. The first-order valence-electron chi connectivity index (χ1n) is 5.65. The van der Waals surface area contributed by atoms with Crippen molar-refractivity contribution in [2.24, 2.45) is 0 Å². The molecule has 0 unspecified atom stereocenters. The summed E-state index contributed by atoms with van der Waals surface area (Å²) in [6, 6.07) is 7.34. The number of carbonyl (C=O) groups excluding carboxylic acids is 1. The molecule has 4 heteroatoms. The van der Waals surface area contributed by atoms with E-state index in [2.05, 4.69) is 16.1 Å². The van der Waals surface area contributed by atoms with Crippen LogP contribution in [0.15, 0.2) is 35.0 Å². The highest BCUT2D eigenvalue weighted by atomic mass is 35.5. The van der Waals surface area contributed by atoms with Gasteiger partial charge in [0.1, 0.15) is 0 Å². The number of rotatable bonds is 4. The maximum Gasteiger partial charge on any atom is 0.251 e. The first-order chi connectivity index (χ1) is 8.70. The summed E-state index contributed by atoms with van der Waals surface area (Å²) in [4.78, 5) is 11.9. The molecule has 0 aliphatic rings. The topological polar surface area (TPSA) is 29.1 Å². The van der Waals surface area contributed by atoms with E-state index in [1.54, 1.807) is 23.5 Å². The molecule has 0 radical (unpaired) electrons. The van der Waals surface area contributed by atoms with Crippen molar-refractivity contribution in [1.29, 1.82) is 0 Å². The minimum Gasteiger partial charge on any atom is -0.348 e. The second kappa shape index (κ2) is 6.03. The van der Waals surface area contributed by atoms with Gasteiger partial charge in [-0.2, -0.15) is 11.3 Å². The Kier molecular flexibility index (Phi) is 4.39. The number of thiophene rings is 1. The molecule has 2 nitrogen and oxygen atoms in total. The van der Waals surface area contributed by atoms with E-state index in [1.165, 1.54) is 11.1 Å². The largest absolute Gasteiger partial charge is 0.348 e. The smallest absolute Gasteiger partial charge is 0.251 e. The molecule has 0 aliphatic heterocycles. The summed E-state index contributed by atoms with van der Waals surface area (Å²) in [6.45, 7) is 2.62. The molecule has 0 bridgehead atoms. The number of amides is 1. The van der Waals surface area contributed by atoms with Crippen molar-refractivity contribution in [3.8, 4) is 0 Å². The van der Waals surface area contributed by atoms with Gasteiger partial charge >= 0.3 is 0 Å². The lowest BCUT2D eigenvalue weighted by Gasteiger charge is -2.05. The number of hydrogen-bond acceptors (Lipinski definition) is 2. The molecule has 18 heavy (non-hydrogen) atoms. The average molecular weight is 280 g/mol. The van der Waals surface area contributed by atoms with Crippen LogP contribution in [-0.2, 0) is 12.4 Å². The van der Waals surface area contributed by atoms with Crippen LogP contribution >= 0.6 is 22.9 Å². The van der Waals surface area contributed by atoms with E-state index >= 15 is 0 Å². The monoisotopic (exact) mass is 279 g/mol. The van der Waals surface area contributed by atoms with E-state index < -0.39 is 0 Å². The van der Waals surface area contributed by atoms with Crippen LogP contribution in [0.4, 0.5) is 0 Å². The highest BCUT2D eigenvalue weighted by Gasteiger charge is 2.06. The Morgan fingerprint density at radius 1 is 1.28 bits per heavy atom. The average Bonchev–Trinajstić information content (AvgIpc) is 2.81.